The molecule has 2 aliphatic rings. The molecule has 0 aliphatic carbocycles. The first-order chi connectivity index (χ1) is 18.5. The fourth-order valence-corrected chi connectivity index (χ4v) is 5.49. The minimum atomic E-state index is -1.11. The first-order valence-corrected chi connectivity index (χ1v) is 14.1. The Morgan fingerprint density at radius 1 is 1.03 bits per heavy atom. The third kappa shape index (κ3) is 7.23. The Balaban J connectivity index is 1.36. The number of amides is 3. The molecule has 0 spiro atoms. The standard InChI is InChI=1S/C29H37BrN4O5/c1-29(2,27(36)32-14-16-33(17-15-32)28(37)38)39-25-8-4-7-24(18-25)34-13-5-6-22(20-34)26(35)31(3)19-21-9-11-23(30)12-10-21/h4,7-12,18,22H,5-6,13-17,19-20H2,1-3H3,(H,37,38)/t22-/m1/s1. The third-order valence-electron chi connectivity index (χ3n) is 7.39. The molecule has 2 saturated heterocycles. The molecule has 0 saturated carbocycles. The van der Waals surface area contributed by atoms with Gasteiger partial charge in [0.2, 0.25) is 5.91 Å². The van der Waals surface area contributed by atoms with Crippen molar-refractivity contribution in [1.29, 1.82) is 0 Å². The summed E-state index contributed by atoms with van der Waals surface area (Å²) in [6.07, 6.45) is 0.805. The number of anilines is 1. The maximum atomic E-state index is 13.3. The van der Waals surface area contributed by atoms with Crippen molar-refractivity contribution in [1.82, 2.24) is 14.7 Å². The number of carboxylic acid groups (broad SMARTS) is 1. The fraction of sp³-hybridized carbons (Fsp3) is 0.483. The van der Waals surface area contributed by atoms with E-state index in [0.717, 1.165) is 35.1 Å². The lowest BCUT2D eigenvalue weighted by Gasteiger charge is -2.38. The largest absolute Gasteiger partial charge is 0.478 e. The van der Waals surface area contributed by atoms with Crippen molar-refractivity contribution >= 4 is 39.5 Å². The van der Waals surface area contributed by atoms with Gasteiger partial charge in [-0.25, -0.2) is 4.79 Å². The van der Waals surface area contributed by atoms with Gasteiger partial charge in [-0.05, 0) is 56.5 Å². The van der Waals surface area contributed by atoms with E-state index in [2.05, 4.69) is 20.8 Å². The van der Waals surface area contributed by atoms with Crippen molar-refractivity contribution in [2.24, 2.45) is 5.92 Å². The van der Waals surface area contributed by atoms with Gasteiger partial charge in [0.25, 0.3) is 5.91 Å². The van der Waals surface area contributed by atoms with Crippen LogP contribution in [0.3, 0.4) is 0 Å². The second-order valence-corrected chi connectivity index (χ2v) is 11.7. The summed E-state index contributed by atoms with van der Waals surface area (Å²) in [4.78, 5) is 44.6. The van der Waals surface area contributed by atoms with E-state index in [1.54, 1.807) is 23.6 Å². The number of halogens is 1. The van der Waals surface area contributed by atoms with Gasteiger partial charge in [-0.1, -0.05) is 34.1 Å². The Hall–Kier alpha value is -3.27. The number of rotatable bonds is 7. The first kappa shape index (κ1) is 28.7. The third-order valence-corrected chi connectivity index (χ3v) is 7.92. The maximum absolute atomic E-state index is 13.3. The van der Waals surface area contributed by atoms with Gasteiger partial charge in [0, 0.05) is 69.1 Å². The van der Waals surface area contributed by atoms with E-state index in [-0.39, 0.29) is 17.7 Å². The van der Waals surface area contributed by atoms with E-state index in [1.807, 2.05) is 55.6 Å². The van der Waals surface area contributed by atoms with Crippen molar-refractivity contribution in [2.75, 3.05) is 51.2 Å². The molecule has 2 fully saturated rings. The van der Waals surface area contributed by atoms with Crippen LogP contribution in [0.4, 0.5) is 10.5 Å². The smallest absolute Gasteiger partial charge is 0.407 e. The lowest BCUT2D eigenvalue weighted by Crippen LogP contribution is -2.56. The van der Waals surface area contributed by atoms with Gasteiger partial charge in [-0.2, -0.15) is 0 Å². The molecule has 210 valence electrons. The van der Waals surface area contributed by atoms with Crippen molar-refractivity contribution in [3.8, 4) is 5.75 Å². The molecule has 10 heteroatoms. The molecule has 4 rings (SSSR count). The van der Waals surface area contributed by atoms with Gasteiger partial charge >= 0.3 is 6.09 Å². The Morgan fingerprint density at radius 2 is 1.69 bits per heavy atom. The number of carbonyl (C=O) groups is 3. The maximum Gasteiger partial charge on any atom is 0.407 e. The summed E-state index contributed by atoms with van der Waals surface area (Å²) in [7, 11) is 1.86. The summed E-state index contributed by atoms with van der Waals surface area (Å²) in [6.45, 7) is 6.79. The minimum Gasteiger partial charge on any atom is -0.478 e. The predicted molar refractivity (Wildman–Crippen MR) is 153 cm³/mol. The number of hydrogen-bond acceptors (Lipinski definition) is 5. The molecule has 1 atom stereocenters. The zero-order chi connectivity index (χ0) is 28.2. The van der Waals surface area contributed by atoms with Crippen molar-refractivity contribution < 1.29 is 24.2 Å². The molecular weight excluding hydrogens is 564 g/mol. The summed E-state index contributed by atoms with van der Waals surface area (Å²) in [5.41, 5.74) is 0.937. The number of piperidine rings is 1. The van der Waals surface area contributed by atoms with Gasteiger partial charge in [-0.15, -0.1) is 0 Å². The van der Waals surface area contributed by atoms with E-state index in [0.29, 0.717) is 45.0 Å². The average molecular weight is 602 g/mol. The van der Waals surface area contributed by atoms with E-state index in [1.165, 1.54) is 4.90 Å². The number of carbonyl (C=O) groups excluding carboxylic acids is 2. The summed E-state index contributed by atoms with van der Waals surface area (Å²) in [5, 5.41) is 9.16. The summed E-state index contributed by atoms with van der Waals surface area (Å²) in [6, 6.07) is 15.7. The van der Waals surface area contributed by atoms with Crippen molar-refractivity contribution in [2.45, 2.75) is 38.8 Å². The van der Waals surface area contributed by atoms with Gasteiger partial charge in [-0.3, -0.25) is 9.59 Å². The highest BCUT2D eigenvalue weighted by Gasteiger charge is 2.36. The van der Waals surface area contributed by atoms with Crippen molar-refractivity contribution in [3.05, 3.63) is 58.6 Å². The number of benzene rings is 2. The van der Waals surface area contributed by atoms with Crippen molar-refractivity contribution in [3.63, 3.8) is 0 Å². The summed E-state index contributed by atoms with van der Waals surface area (Å²) >= 11 is 3.45. The second kappa shape index (κ2) is 12.3. The Labute approximate surface area is 238 Å². The lowest BCUT2D eigenvalue weighted by atomic mass is 9.96. The molecule has 1 N–H and O–H groups in total. The minimum absolute atomic E-state index is 0.0914. The van der Waals surface area contributed by atoms with Crippen LogP contribution in [0.1, 0.15) is 32.3 Å². The van der Waals surface area contributed by atoms with Crippen LogP contribution in [-0.2, 0) is 16.1 Å². The van der Waals surface area contributed by atoms with Gasteiger partial charge in [0.05, 0.1) is 5.92 Å². The highest BCUT2D eigenvalue weighted by molar-refractivity contribution is 9.10. The Morgan fingerprint density at radius 3 is 2.36 bits per heavy atom. The second-order valence-electron chi connectivity index (χ2n) is 10.8. The monoisotopic (exact) mass is 600 g/mol. The molecule has 39 heavy (non-hydrogen) atoms. The SMILES string of the molecule is CN(Cc1ccc(Br)cc1)C(=O)[C@@H]1CCCN(c2cccc(OC(C)(C)C(=O)N3CCN(C(=O)O)CC3)c2)C1. The van der Waals surface area contributed by atoms with Gasteiger partial charge in [0.1, 0.15) is 5.75 Å². The average Bonchev–Trinajstić information content (AvgIpc) is 2.93. The quantitative estimate of drug-likeness (QED) is 0.509. The summed E-state index contributed by atoms with van der Waals surface area (Å²) < 4.78 is 7.20. The van der Waals surface area contributed by atoms with Crippen LogP contribution in [0, 0.1) is 5.92 Å². The highest BCUT2D eigenvalue weighted by Crippen LogP contribution is 2.29. The Kier molecular flexibility index (Phi) is 9.04. The van der Waals surface area contributed by atoms with Crippen LogP contribution in [-0.4, -0.2) is 89.6 Å². The zero-order valence-corrected chi connectivity index (χ0v) is 24.4. The van der Waals surface area contributed by atoms with Crippen LogP contribution in [0.5, 0.6) is 5.75 Å². The Bertz CT molecular complexity index is 1180. The zero-order valence-electron chi connectivity index (χ0n) is 22.8. The lowest BCUT2D eigenvalue weighted by molar-refractivity contribution is -0.147. The van der Waals surface area contributed by atoms with E-state index < -0.39 is 11.7 Å². The topological polar surface area (TPSA) is 93.6 Å². The molecule has 0 bridgehead atoms. The molecule has 2 aromatic carbocycles. The van der Waals surface area contributed by atoms with Crippen LogP contribution in [0.2, 0.25) is 0 Å². The normalized spacial score (nSPS) is 18.1. The van der Waals surface area contributed by atoms with Gasteiger partial charge in [0.15, 0.2) is 5.60 Å². The van der Waals surface area contributed by atoms with Gasteiger partial charge < -0.3 is 29.4 Å². The first-order valence-electron chi connectivity index (χ1n) is 13.3. The number of piperazine rings is 1. The number of nitrogens with zero attached hydrogens (tertiary/aromatic N) is 4. The number of ether oxygens (including phenoxy) is 1. The van der Waals surface area contributed by atoms with E-state index in [4.69, 9.17) is 9.84 Å². The molecule has 3 amide bonds. The van der Waals surface area contributed by atoms with E-state index >= 15 is 0 Å². The fourth-order valence-electron chi connectivity index (χ4n) is 5.23. The summed E-state index contributed by atoms with van der Waals surface area (Å²) in [5.74, 6) is 0.460. The molecule has 9 nitrogen and oxygen atoms in total. The predicted octanol–water partition coefficient (Wildman–Crippen LogP) is 4.30. The molecule has 2 aromatic rings. The van der Waals surface area contributed by atoms with Crippen LogP contribution in [0.15, 0.2) is 53.0 Å². The molecule has 2 aliphatic heterocycles. The number of hydrogen-bond donors (Lipinski definition) is 1. The van der Waals surface area contributed by atoms with Crippen LogP contribution < -0.4 is 9.64 Å². The molecule has 0 radical (unpaired) electrons. The molecular formula is C29H37BrN4O5. The molecule has 2 heterocycles. The molecule has 0 unspecified atom stereocenters. The van der Waals surface area contributed by atoms with E-state index in [9.17, 15) is 14.4 Å². The molecule has 0 aromatic heterocycles. The highest BCUT2D eigenvalue weighted by atomic mass is 79.9. The van der Waals surface area contributed by atoms with Crippen LogP contribution >= 0.6 is 15.9 Å². The van der Waals surface area contributed by atoms with Crippen LogP contribution in [0.25, 0.3) is 0 Å².